The van der Waals surface area contributed by atoms with Gasteiger partial charge < -0.3 is 10.1 Å². The maximum atomic E-state index is 12.4. The lowest BCUT2D eigenvalue weighted by Gasteiger charge is -2.38. The van der Waals surface area contributed by atoms with Crippen LogP contribution in [0.3, 0.4) is 0 Å². The normalized spacial score (nSPS) is 26.1. The molecule has 1 N–H and O–H groups in total. The molecule has 2 fully saturated rings. The van der Waals surface area contributed by atoms with Crippen LogP contribution in [-0.4, -0.2) is 52.1 Å². The van der Waals surface area contributed by atoms with Gasteiger partial charge in [-0.1, -0.05) is 0 Å². The zero-order valence-electron chi connectivity index (χ0n) is 14.8. The van der Waals surface area contributed by atoms with Crippen LogP contribution in [0.25, 0.3) is 0 Å². The molecule has 2 atom stereocenters. The molecule has 0 radical (unpaired) electrons. The SMILES string of the molecule is O=C(N[C@@H]1CCO[C@]2(CCN(Cc3ccncc3)C2)C1)c1cccnc1. The van der Waals surface area contributed by atoms with E-state index in [1.54, 1.807) is 24.5 Å². The summed E-state index contributed by atoms with van der Waals surface area (Å²) >= 11 is 0. The Morgan fingerprint density at radius 3 is 2.96 bits per heavy atom. The molecule has 4 rings (SSSR count). The fourth-order valence-corrected chi connectivity index (χ4v) is 4.01. The number of ether oxygens (including phenoxy) is 1. The predicted molar refractivity (Wildman–Crippen MR) is 97.5 cm³/mol. The minimum atomic E-state index is -0.141. The van der Waals surface area contributed by atoms with E-state index in [1.807, 2.05) is 12.4 Å². The van der Waals surface area contributed by atoms with E-state index in [0.717, 1.165) is 38.9 Å². The first-order valence-corrected chi connectivity index (χ1v) is 9.19. The molecule has 0 saturated carbocycles. The monoisotopic (exact) mass is 352 g/mol. The van der Waals surface area contributed by atoms with Gasteiger partial charge in [-0.25, -0.2) is 0 Å². The molecule has 6 heteroatoms. The molecule has 2 aromatic rings. The van der Waals surface area contributed by atoms with Crippen molar-refractivity contribution in [1.29, 1.82) is 0 Å². The average molecular weight is 352 g/mol. The fraction of sp³-hybridized carbons (Fsp3) is 0.450. The van der Waals surface area contributed by atoms with Crippen molar-refractivity contribution < 1.29 is 9.53 Å². The van der Waals surface area contributed by atoms with Crippen LogP contribution in [0.2, 0.25) is 0 Å². The average Bonchev–Trinajstić information content (AvgIpc) is 3.05. The zero-order chi connectivity index (χ0) is 17.8. The molecular formula is C20H24N4O2. The molecule has 2 aromatic heterocycles. The molecule has 0 aromatic carbocycles. The molecule has 2 saturated heterocycles. The van der Waals surface area contributed by atoms with Gasteiger partial charge in [0.15, 0.2) is 0 Å². The van der Waals surface area contributed by atoms with E-state index in [0.29, 0.717) is 12.2 Å². The molecule has 4 heterocycles. The van der Waals surface area contributed by atoms with Crippen LogP contribution < -0.4 is 5.32 Å². The second-order valence-electron chi connectivity index (χ2n) is 7.25. The molecule has 2 aliphatic rings. The van der Waals surface area contributed by atoms with Crippen LogP contribution in [0.4, 0.5) is 0 Å². The number of hydrogen-bond donors (Lipinski definition) is 1. The van der Waals surface area contributed by atoms with Gasteiger partial charge in [0.1, 0.15) is 0 Å². The van der Waals surface area contributed by atoms with Crippen LogP contribution in [0.1, 0.15) is 35.2 Å². The standard InChI is InChI=1S/C20H24N4O2/c25-19(17-2-1-7-22-13-17)23-18-5-11-26-20(12-18)6-10-24(15-20)14-16-3-8-21-9-4-16/h1-4,7-9,13,18H,5-6,10-12,14-15H2,(H,23,25)/t18-,20-/m1/s1. The summed E-state index contributed by atoms with van der Waals surface area (Å²) in [6.07, 6.45) is 9.69. The first-order valence-electron chi connectivity index (χ1n) is 9.19. The van der Waals surface area contributed by atoms with Gasteiger partial charge in [0.05, 0.1) is 11.2 Å². The molecule has 1 amide bonds. The highest BCUT2D eigenvalue weighted by Crippen LogP contribution is 2.35. The highest BCUT2D eigenvalue weighted by atomic mass is 16.5. The van der Waals surface area contributed by atoms with Gasteiger partial charge in [0, 0.05) is 57.1 Å². The first-order chi connectivity index (χ1) is 12.7. The molecule has 6 nitrogen and oxygen atoms in total. The van der Waals surface area contributed by atoms with E-state index in [-0.39, 0.29) is 17.6 Å². The Morgan fingerprint density at radius 2 is 2.15 bits per heavy atom. The molecule has 2 aliphatic heterocycles. The summed E-state index contributed by atoms with van der Waals surface area (Å²) < 4.78 is 6.19. The van der Waals surface area contributed by atoms with Crippen molar-refractivity contribution in [1.82, 2.24) is 20.2 Å². The Kier molecular flexibility index (Phi) is 4.95. The number of aromatic nitrogens is 2. The van der Waals surface area contributed by atoms with Crippen molar-refractivity contribution in [2.24, 2.45) is 0 Å². The third-order valence-electron chi connectivity index (χ3n) is 5.30. The number of amides is 1. The van der Waals surface area contributed by atoms with Gasteiger partial charge >= 0.3 is 0 Å². The Hall–Kier alpha value is -2.31. The Labute approximate surface area is 153 Å². The van der Waals surface area contributed by atoms with E-state index < -0.39 is 0 Å². The number of hydrogen-bond acceptors (Lipinski definition) is 5. The highest BCUT2D eigenvalue weighted by molar-refractivity contribution is 5.94. The molecular weight excluding hydrogens is 328 g/mol. The van der Waals surface area contributed by atoms with Crippen LogP contribution in [0, 0.1) is 0 Å². The van der Waals surface area contributed by atoms with Gasteiger partial charge in [-0.2, -0.15) is 0 Å². The second-order valence-corrected chi connectivity index (χ2v) is 7.25. The second kappa shape index (κ2) is 7.51. The third-order valence-corrected chi connectivity index (χ3v) is 5.30. The maximum absolute atomic E-state index is 12.4. The topological polar surface area (TPSA) is 67.3 Å². The Morgan fingerprint density at radius 1 is 1.27 bits per heavy atom. The maximum Gasteiger partial charge on any atom is 0.253 e. The van der Waals surface area contributed by atoms with Crippen LogP contribution >= 0.6 is 0 Å². The van der Waals surface area contributed by atoms with Crippen molar-refractivity contribution in [3.8, 4) is 0 Å². The van der Waals surface area contributed by atoms with E-state index >= 15 is 0 Å². The summed E-state index contributed by atoms with van der Waals surface area (Å²) in [6, 6.07) is 7.85. The van der Waals surface area contributed by atoms with Crippen molar-refractivity contribution in [3.05, 3.63) is 60.2 Å². The highest BCUT2D eigenvalue weighted by Gasteiger charge is 2.43. The Bertz CT molecular complexity index is 740. The molecule has 26 heavy (non-hydrogen) atoms. The molecule has 1 spiro atoms. The van der Waals surface area contributed by atoms with Crippen LogP contribution in [0.5, 0.6) is 0 Å². The van der Waals surface area contributed by atoms with Gasteiger partial charge in [0.2, 0.25) is 0 Å². The summed E-state index contributed by atoms with van der Waals surface area (Å²) in [7, 11) is 0. The molecule has 0 unspecified atom stereocenters. The summed E-state index contributed by atoms with van der Waals surface area (Å²) in [5.41, 5.74) is 1.74. The number of nitrogens with one attached hydrogen (secondary N) is 1. The quantitative estimate of drug-likeness (QED) is 0.912. The van der Waals surface area contributed by atoms with Gasteiger partial charge in [-0.05, 0) is 49.1 Å². The predicted octanol–water partition coefficient (Wildman–Crippen LogP) is 2.03. The third kappa shape index (κ3) is 3.92. The lowest BCUT2D eigenvalue weighted by Crippen LogP contribution is -2.49. The smallest absolute Gasteiger partial charge is 0.253 e. The number of carbonyl (C=O) groups is 1. The largest absolute Gasteiger partial charge is 0.373 e. The lowest BCUT2D eigenvalue weighted by molar-refractivity contribution is -0.0793. The number of carbonyl (C=O) groups excluding carboxylic acids is 1. The molecule has 0 aliphatic carbocycles. The van der Waals surface area contributed by atoms with E-state index in [1.165, 1.54) is 5.56 Å². The van der Waals surface area contributed by atoms with E-state index in [9.17, 15) is 4.79 Å². The Balaban J connectivity index is 1.35. The van der Waals surface area contributed by atoms with Gasteiger partial charge in [-0.15, -0.1) is 0 Å². The number of pyridine rings is 2. The summed E-state index contributed by atoms with van der Waals surface area (Å²) in [5, 5.41) is 3.17. The van der Waals surface area contributed by atoms with E-state index in [2.05, 4.69) is 32.3 Å². The number of nitrogens with zero attached hydrogens (tertiary/aromatic N) is 3. The van der Waals surface area contributed by atoms with Crippen LogP contribution in [0.15, 0.2) is 49.1 Å². The molecule has 0 bridgehead atoms. The zero-order valence-corrected chi connectivity index (χ0v) is 14.8. The van der Waals surface area contributed by atoms with Crippen molar-refractivity contribution in [3.63, 3.8) is 0 Å². The number of rotatable bonds is 4. The van der Waals surface area contributed by atoms with Crippen LogP contribution in [-0.2, 0) is 11.3 Å². The van der Waals surface area contributed by atoms with Gasteiger partial charge in [0.25, 0.3) is 5.91 Å². The van der Waals surface area contributed by atoms with Crippen molar-refractivity contribution in [2.75, 3.05) is 19.7 Å². The van der Waals surface area contributed by atoms with Crippen molar-refractivity contribution >= 4 is 5.91 Å². The first kappa shape index (κ1) is 17.1. The summed E-state index contributed by atoms with van der Waals surface area (Å²) in [4.78, 5) is 22.9. The number of likely N-dealkylation sites (tertiary alicyclic amines) is 1. The minimum Gasteiger partial charge on any atom is -0.373 e. The summed E-state index contributed by atoms with van der Waals surface area (Å²) in [6.45, 7) is 3.54. The van der Waals surface area contributed by atoms with Gasteiger partial charge in [-0.3, -0.25) is 19.7 Å². The minimum absolute atomic E-state index is 0.0493. The van der Waals surface area contributed by atoms with Crippen molar-refractivity contribution in [2.45, 2.75) is 37.5 Å². The fourth-order valence-electron chi connectivity index (χ4n) is 4.01. The molecule has 136 valence electrons. The van der Waals surface area contributed by atoms with E-state index in [4.69, 9.17) is 4.74 Å². The lowest BCUT2D eigenvalue weighted by atomic mass is 9.89. The summed E-state index contributed by atoms with van der Waals surface area (Å²) in [5.74, 6) is -0.0493.